The zero-order valence-electron chi connectivity index (χ0n) is 46.9. The van der Waals surface area contributed by atoms with Crippen molar-refractivity contribution in [3.8, 4) is 0 Å². The van der Waals surface area contributed by atoms with Crippen LogP contribution in [-0.4, -0.2) is 144 Å². The number of hydrogen-bond donors (Lipinski definition) is 7. The fourth-order valence-corrected chi connectivity index (χ4v) is 10.3. The zero-order valence-corrected chi connectivity index (χ0v) is 46.9. The topological polar surface area (TPSA) is 232 Å². The van der Waals surface area contributed by atoms with Gasteiger partial charge in [-0.3, -0.25) is 9.59 Å². The molecule has 3 aliphatic heterocycles. The molecule has 18 atom stereocenters. The van der Waals surface area contributed by atoms with Crippen molar-refractivity contribution in [2.45, 2.75) is 193 Å². The molecular formula is C59H92N2O14. The van der Waals surface area contributed by atoms with Crippen LogP contribution >= 0.6 is 0 Å². The number of cyclic esters (lactones) is 1. The molecule has 3 aliphatic rings. The third-order valence-corrected chi connectivity index (χ3v) is 16.0. The molecule has 3 heterocycles. The Labute approximate surface area is 447 Å². The molecule has 16 heteroatoms. The van der Waals surface area contributed by atoms with Gasteiger partial charge in [0.25, 0.3) is 0 Å². The third-order valence-electron chi connectivity index (χ3n) is 16.0. The molecule has 4 rings (SSSR count). The molecule has 1 aromatic rings. The zero-order chi connectivity index (χ0) is 55.8. The summed E-state index contributed by atoms with van der Waals surface area (Å²) in [5, 5.41) is 61.1. The van der Waals surface area contributed by atoms with Gasteiger partial charge < -0.3 is 64.6 Å². The first-order valence-corrected chi connectivity index (χ1v) is 27.0. The van der Waals surface area contributed by atoms with Crippen LogP contribution in [0.5, 0.6) is 0 Å². The van der Waals surface area contributed by atoms with Crippen LogP contribution in [0.2, 0.25) is 0 Å². The maximum atomic E-state index is 13.6. The van der Waals surface area contributed by atoms with Gasteiger partial charge in [0.1, 0.15) is 23.8 Å². The number of hydrogen-bond acceptors (Lipinski definition) is 14. The van der Waals surface area contributed by atoms with Crippen molar-refractivity contribution in [3.05, 3.63) is 95.6 Å². The lowest BCUT2D eigenvalue weighted by Crippen LogP contribution is -2.57. The number of aliphatic hydroxyl groups excluding tert-OH is 4. The third kappa shape index (κ3) is 17.5. The van der Waals surface area contributed by atoms with E-state index in [0.717, 1.165) is 11.1 Å². The molecular weight excluding hydrogens is 961 g/mol. The molecule has 0 radical (unpaired) electrons. The van der Waals surface area contributed by atoms with Gasteiger partial charge >= 0.3 is 5.97 Å². The van der Waals surface area contributed by atoms with Crippen molar-refractivity contribution in [1.29, 1.82) is 0 Å². The predicted octanol–water partition coefficient (Wildman–Crippen LogP) is 6.75. The van der Waals surface area contributed by atoms with E-state index in [1.54, 1.807) is 61.8 Å². The van der Waals surface area contributed by atoms with Crippen molar-refractivity contribution in [1.82, 2.24) is 10.6 Å². The summed E-state index contributed by atoms with van der Waals surface area (Å²) in [5.74, 6) is -4.87. The molecule has 422 valence electrons. The van der Waals surface area contributed by atoms with E-state index in [0.29, 0.717) is 44.3 Å². The highest BCUT2D eigenvalue weighted by atomic mass is 16.7. The molecule has 1 aromatic carbocycles. The van der Waals surface area contributed by atoms with Gasteiger partial charge in [0, 0.05) is 70.7 Å². The van der Waals surface area contributed by atoms with E-state index in [1.807, 2.05) is 101 Å². The van der Waals surface area contributed by atoms with Crippen molar-refractivity contribution in [2.75, 3.05) is 27.9 Å². The van der Waals surface area contributed by atoms with Crippen molar-refractivity contribution in [3.63, 3.8) is 0 Å². The van der Waals surface area contributed by atoms with Gasteiger partial charge in [0.05, 0.1) is 61.4 Å². The van der Waals surface area contributed by atoms with Gasteiger partial charge in [0.15, 0.2) is 5.79 Å². The quantitative estimate of drug-likeness (QED) is 0.0275. The van der Waals surface area contributed by atoms with Crippen molar-refractivity contribution < 1.29 is 68.3 Å². The summed E-state index contributed by atoms with van der Waals surface area (Å²) in [5.41, 5.74) is 1.17. The minimum absolute atomic E-state index is 0.0689. The molecule has 0 bridgehead atoms. The number of esters is 1. The Morgan fingerprint density at radius 2 is 1.67 bits per heavy atom. The highest BCUT2D eigenvalue weighted by Crippen LogP contribution is 2.38. The number of rotatable bonds is 27. The van der Waals surface area contributed by atoms with Gasteiger partial charge in [-0.25, -0.2) is 4.79 Å². The number of methoxy groups -OCH3 is 3. The Bertz CT molecular complexity index is 2110. The Balaban J connectivity index is 1.27. The molecule has 3 saturated heterocycles. The molecule has 75 heavy (non-hydrogen) atoms. The van der Waals surface area contributed by atoms with Crippen LogP contribution in [-0.2, 0) is 42.8 Å². The fourth-order valence-electron chi connectivity index (χ4n) is 10.3. The number of carbonyl (C=O) groups is 3. The van der Waals surface area contributed by atoms with Crippen LogP contribution in [0, 0.1) is 35.5 Å². The molecule has 7 N–H and O–H groups in total. The molecule has 0 aromatic heterocycles. The van der Waals surface area contributed by atoms with Gasteiger partial charge in [-0.15, -0.1) is 0 Å². The summed E-state index contributed by atoms with van der Waals surface area (Å²) in [6.07, 6.45) is 12.6. The highest BCUT2D eigenvalue weighted by molar-refractivity contribution is 5.92. The standard InChI is InChI=1S/C59H92N2O14/c1-14-46(52(64)38(6)22-18-19-26-44-31-45(70-11)33-59(72-13,75-44)30-29-36(4)21-20-25-43-34-73-41(9)58(10,69)54(43)65)47(62)28-27-37(5)48(63)32-49(71-12)39(7)55(66)60-50(35(2)3)56(67)61-51-40(8)53(74-57(51)68)42-23-16-15-17-24-42/h15-27,35,38-41,43-54,62-65,69H,14,28-34H2,1-13H3,(H,60,66)(H,61,67)/b22-18+,25-20+,26-19+,36-21+,37-27+/t38?,39?,40-,41-,43+,44-,45+,46?,47?,48?,49?,50?,51-,52?,53-,54+,58-,59+/m1/s1. The first kappa shape index (κ1) is 63.5. The van der Waals surface area contributed by atoms with E-state index in [1.165, 1.54) is 7.11 Å². The van der Waals surface area contributed by atoms with E-state index in [2.05, 4.69) is 10.6 Å². The van der Waals surface area contributed by atoms with Gasteiger partial charge in [-0.05, 0) is 64.0 Å². The van der Waals surface area contributed by atoms with Crippen LogP contribution in [0.3, 0.4) is 0 Å². The molecule has 16 nitrogen and oxygen atoms in total. The molecule has 0 aliphatic carbocycles. The predicted molar refractivity (Wildman–Crippen MR) is 288 cm³/mol. The number of aliphatic hydroxyl groups is 5. The number of allylic oxidation sites excluding steroid dienone is 5. The molecule has 2 amide bonds. The summed E-state index contributed by atoms with van der Waals surface area (Å²) < 4.78 is 35.4. The van der Waals surface area contributed by atoms with Gasteiger partial charge in [-0.2, -0.15) is 0 Å². The van der Waals surface area contributed by atoms with Crippen LogP contribution in [0.15, 0.2) is 90.1 Å². The molecule has 3 fully saturated rings. The fraction of sp³-hybridized carbons (Fsp3) is 0.678. The second-order valence-electron chi connectivity index (χ2n) is 21.9. The number of nitrogens with one attached hydrogen (secondary N) is 2. The van der Waals surface area contributed by atoms with E-state index in [-0.39, 0.29) is 48.7 Å². The molecule has 0 spiro atoms. The van der Waals surface area contributed by atoms with Crippen LogP contribution in [0.1, 0.15) is 126 Å². The lowest BCUT2D eigenvalue weighted by atomic mass is 9.82. The molecule has 0 saturated carbocycles. The number of carbonyl (C=O) groups excluding carboxylic acids is 3. The lowest BCUT2D eigenvalue weighted by Gasteiger charge is -2.42. The van der Waals surface area contributed by atoms with Crippen LogP contribution < -0.4 is 10.6 Å². The van der Waals surface area contributed by atoms with Gasteiger partial charge in [-0.1, -0.05) is 126 Å². The Morgan fingerprint density at radius 1 is 0.973 bits per heavy atom. The van der Waals surface area contributed by atoms with Crippen LogP contribution in [0.25, 0.3) is 0 Å². The summed E-state index contributed by atoms with van der Waals surface area (Å²) in [6.45, 7) is 18.4. The smallest absolute Gasteiger partial charge is 0.329 e. The van der Waals surface area contributed by atoms with Crippen molar-refractivity contribution >= 4 is 17.8 Å². The summed E-state index contributed by atoms with van der Waals surface area (Å²) in [6, 6.07) is 7.50. The van der Waals surface area contributed by atoms with Crippen molar-refractivity contribution in [2.24, 2.45) is 35.5 Å². The SMILES string of the molecule is CCC(C(O)C/C=C(\C)C(O)CC(OC)C(C)C(=O)NC(C(=O)N[C@H]1C(=O)O[C@@H](c2ccccc2)[C@@H]1C)C(C)C)C(O)C(C)/C=C/C=C/[C@@H]1C[C@H](OC)C[C@@](CC/C(C)=C/C=C/[C@H]2CO[C@H](C)[C@@](C)(O)[C@H]2O)(OC)O1. The summed E-state index contributed by atoms with van der Waals surface area (Å²) in [7, 11) is 4.79. The van der Waals surface area contributed by atoms with Gasteiger partial charge in [0.2, 0.25) is 11.8 Å². The number of benzene rings is 1. The second-order valence-corrected chi connectivity index (χ2v) is 21.9. The minimum atomic E-state index is -1.33. The van der Waals surface area contributed by atoms with E-state index >= 15 is 0 Å². The lowest BCUT2D eigenvalue weighted by molar-refractivity contribution is -0.281. The minimum Gasteiger partial charge on any atom is -0.456 e. The first-order chi connectivity index (χ1) is 35.4. The Kier molecular flexibility index (Phi) is 25.1. The maximum absolute atomic E-state index is 13.6. The highest BCUT2D eigenvalue weighted by Gasteiger charge is 2.46. The second kappa shape index (κ2) is 29.6. The van der Waals surface area contributed by atoms with E-state index < -0.39 is 95.8 Å². The Morgan fingerprint density at radius 3 is 2.29 bits per heavy atom. The molecule has 8 unspecified atom stereocenters. The first-order valence-electron chi connectivity index (χ1n) is 27.0. The van der Waals surface area contributed by atoms with Crippen LogP contribution in [0.4, 0.5) is 0 Å². The Hall–Kier alpha value is -4.07. The maximum Gasteiger partial charge on any atom is 0.329 e. The summed E-state index contributed by atoms with van der Waals surface area (Å²) >= 11 is 0. The normalized spacial score (nSPS) is 31.3. The average molecular weight is 1050 g/mol. The van der Waals surface area contributed by atoms with E-state index in [4.69, 9.17) is 28.4 Å². The number of amides is 2. The monoisotopic (exact) mass is 1050 g/mol. The number of ether oxygens (including phenoxy) is 6. The average Bonchev–Trinajstić information content (AvgIpc) is 3.67. The summed E-state index contributed by atoms with van der Waals surface area (Å²) in [4.78, 5) is 40.1. The largest absolute Gasteiger partial charge is 0.456 e. The van der Waals surface area contributed by atoms with E-state index in [9.17, 15) is 39.9 Å².